The second-order valence-corrected chi connectivity index (χ2v) is 5.77. The van der Waals surface area contributed by atoms with E-state index < -0.39 is 0 Å². The number of hydrogen-bond acceptors (Lipinski definition) is 2. The molecule has 118 valence electrons. The van der Waals surface area contributed by atoms with Crippen LogP contribution in [0.25, 0.3) is 27.7 Å². The number of nitrogens with zero attached hydrogens (tertiary/aromatic N) is 2. The number of hydrogen-bond donors (Lipinski definition) is 1. The molecule has 1 N–H and O–H groups in total. The molecule has 2 aromatic carbocycles. The molecule has 4 rings (SSSR count). The maximum Gasteiger partial charge on any atom is 0.153 e. The van der Waals surface area contributed by atoms with Crippen LogP contribution in [0.4, 0.5) is 4.39 Å². The number of pyridine rings is 1. The Balaban J connectivity index is 2.08. The number of halogens is 2. The average Bonchev–Trinajstić information content (AvgIpc) is 3.01. The minimum atomic E-state index is -0.314. The van der Waals surface area contributed by atoms with Gasteiger partial charge in [0.15, 0.2) is 5.15 Å². The summed E-state index contributed by atoms with van der Waals surface area (Å²) in [6.07, 6.45) is 3.21. The highest BCUT2D eigenvalue weighted by atomic mass is 35.5. The van der Waals surface area contributed by atoms with Gasteiger partial charge in [0.2, 0.25) is 0 Å². The Hall–Kier alpha value is -2.85. The minimum Gasteiger partial charge on any atom is -0.506 e. The second kappa shape index (κ2) is 5.65. The van der Waals surface area contributed by atoms with Gasteiger partial charge in [-0.05, 0) is 29.8 Å². The predicted octanol–water partition coefficient (Wildman–Crippen LogP) is 5.19. The zero-order valence-electron chi connectivity index (χ0n) is 12.4. The number of aromatic nitrogens is 2. The Bertz CT molecular complexity index is 1030. The van der Waals surface area contributed by atoms with Gasteiger partial charge in [0.05, 0.1) is 17.1 Å². The predicted molar refractivity (Wildman–Crippen MR) is 93.1 cm³/mol. The molecular weight excluding hydrogens is 327 g/mol. The normalized spacial score (nSPS) is 11.1. The second-order valence-electron chi connectivity index (χ2n) is 5.41. The first-order chi connectivity index (χ1) is 11.6. The van der Waals surface area contributed by atoms with Crippen molar-refractivity contribution in [3.05, 3.63) is 78.0 Å². The molecule has 5 heteroatoms. The monoisotopic (exact) mass is 338 g/mol. The van der Waals surface area contributed by atoms with Gasteiger partial charge in [-0.25, -0.2) is 9.37 Å². The van der Waals surface area contributed by atoms with Crippen LogP contribution < -0.4 is 0 Å². The molecule has 3 nitrogen and oxygen atoms in total. The largest absolute Gasteiger partial charge is 0.506 e. The highest BCUT2D eigenvalue weighted by Gasteiger charge is 2.18. The summed E-state index contributed by atoms with van der Waals surface area (Å²) >= 11 is 6.30. The molecule has 0 fully saturated rings. The molecule has 0 saturated carbocycles. The lowest BCUT2D eigenvalue weighted by Crippen LogP contribution is -1.93. The quantitative estimate of drug-likeness (QED) is 0.511. The maximum atomic E-state index is 13.2. The smallest absolute Gasteiger partial charge is 0.153 e. The van der Waals surface area contributed by atoms with Crippen LogP contribution in [0.2, 0.25) is 5.15 Å². The van der Waals surface area contributed by atoms with Gasteiger partial charge >= 0.3 is 0 Å². The fourth-order valence-corrected chi connectivity index (χ4v) is 3.09. The first-order valence-corrected chi connectivity index (χ1v) is 7.73. The van der Waals surface area contributed by atoms with Crippen LogP contribution in [0, 0.1) is 5.82 Å². The van der Waals surface area contributed by atoms with Gasteiger partial charge in [-0.3, -0.25) is 0 Å². The van der Waals surface area contributed by atoms with Crippen molar-refractivity contribution in [3.63, 3.8) is 0 Å². The minimum absolute atomic E-state index is 0.0501. The molecule has 0 unspecified atom stereocenters. The van der Waals surface area contributed by atoms with Crippen molar-refractivity contribution in [1.29, 1.82) is 0 Å². The summed E-state index contributed by atoms with van der Waals surface area (Å²) in [5.41, 5.74) is 3.10. The highest BCUT2D eigenvalue weighted by molar-refractivity contribution is 6.34. The Kier molecular flexibility index (Phi) is 3.47. The average molecular weight is 339 g/mol. The van der Waals surface area contributed by atoms with E-state index in [1.54, 1.807) is 12.1 Å². The van der Waals surface area contributed by atoms with Crippen molar-refractivity contribution in [2.24, 2.45) is 0 Å². The van der Waals surface area contributed by atoms with Crippen molar-refractivity contribution in [2.45, 2.75) is 0 Å². The Morgan fingerprint density at radius 1 is 1.00 bits per heavy atom. The van der Waals surface area contributed by atoms with E-state index in [-0.39, 0.29) is 16.7 Å². The number of aromatic hydroxyl groups is 1. The summed E-state index contributed by atoms with van der Waals surface area (Å²) in [6.45, 7) is 0. The summed E-state index contributed by atoms with van der Waals surface area (Å²) in [5, 5.41) is 11.2. The standard InChI is InChI=1S/C19H12ClFN2O/c20-19-18-17(16(24)10-22-19)15(12-4-2-1-3-5-12)11-23(18)14-8-6-13(21)7-9-14/h1-11,24H. The molecule has 0 bridgehead atoms. The first kappa shape index (κ1) is 14.7. The molecule has 24 heavy (non-hydrogen) atoms. The fourth-order valence-electron chi connectivity index (χ4n) is 2.85. The van der Waals surface area contributed by atoms with Crippen LogP contribution in [0.15, 0.2) is 67.0 Å². The van der Waals surface area contributed by atoms with Crippen molar-refractivity contribution in [3.8, 4) is 22.6 Å². The van der Waals surface area contributed by atoms with Gasteiger partial charge in [0, 0.05) is 17.4 Å². The van der Waals surface area contributed by atoms with Crippen LogP contribution in [0.5, 0.6) is 5.75 Å². The van der Waals surface area contributed by atoms with E-state index in [1.165, 1.54) is 18.3 Å². The molecule has 4 aromatic rings. The van der Waals surface area contributed by atoms with Gasteiger partial charge in [-0.15, -0.1) is 0 Å². The summed E-state index contributed by atoms with van der Waals surface area (Å²) in [6, 6.07) is 15.8. The number of benzene rings is 2. The molecule has 0 amide bonds. The topological polar surface area (TPSA) is 38.1 Å². The van der Waals surface area contributed by atoms with Crippen molar-refractivity contribution < 1.29 is 9.50 Å². The van der Waals surface area contributed by atoms with Gasteiger partial charge < -0.3 is 9.67 Å². The van der Waals surface area contributed by atoms with Gasteiger partial charge in [-0.2, -0.15) is 0 Å². The van der Waals surface area contributed by atoms with E-state index >= 15 is 0 Å². The van der Waals surface area contributed by atoms with Crippen LogP contribution in [-0.2, 0) is 0 Å². The molecule has 0 saturated heterocycles. The molecule has 0 aliphatic rings. The van der Waals surface area contributed by atoms with Crippen LogP contribution >= 0.6 is 11.6 Å². The first-order valence-electron chi connectivity index (χ1n) is 7.35. The van der Waals surface area contributed by atoms with Crippen molar-refractivity contribution in [1.82, 2.24) is 9.55 Å². The Labute approximate surface area is 142 Å². The lowest BCUT2D eigenvalue weighted by molar-refractivity contribution is 0.479. The SMILES string of the molecule is Oc1cnc(Cl)c2c1c(-c1ccccc1)cn2-c1ccc(F)cc1. The highest BCUT2D eigenvalue weighted by Crippen LogP contribution is 2.39. The van der Waals surface area contributed by atoms with E-state index in [0.717, 1.165) is 16.8 Å². The lowest BCUT2D eigenvalue weighted by atomic mass is 10.1. The maximum absolute atomic E-state index is 13.2. The lowest BCUT2D eigenvalue weighted by Gasteiger charge is -2.06. The molecular formula is C19H12ClFN2O. The van der Waals surface area contributed by atoms with Crippen molar-refractivity contribution in [2.75, 3.05) is 0 Å². The molecule has 0 aliphatic heterocycles. The summed E-state index contributed by atoms with van der Waals surface area (Å²) in [4.78, 5) is 4.04. The Morgan fingerprint density at radius 3 is 2.42 bits per heavy atom. The number of rotatable bonds is 2. The summed E-state index contributed by atoms with van der Waals surface area (Å²) in [7, 11) is 0. The van der Waals surface area contributed by atoms with Crippen LogP contribution in [0.3, 0.4) is 0 Å². The molecule has 0 radical (unpaired) electrons. The van der Waals surface area contributed by atoms with Gasteiger partial charge in [-0.1, -0.05) is 41.9 Å². The van der Waals surface area contributed by atoms with E-state index in [4.69, 9.17) is 11.6 Å². The van der Waals surface area contributed by atoms with Crippen molar-refractivity contribution >= 4 is 22.5 Å². The molecule has 0 aliphatic carbocycles. The molecule has 2 heterocycles. The van der Waals surface area contributed by atoms with E-state index in [0.29, 0.717) is 10.9 Å². The molecule has 2 aromatic heterocycles. The molecule has 0 atom stereocenters. The van der Waals surface area contributed by atoms with E-state index in [1.807, 2.05) is 41.1 Å². The molecule has 0 spiro atoms. The van der Waals surface area contributed by atoms with Gasteiger partial charge in [0.25, 0.3) is 0 Å². The summed E-state index contributed by atoms with van der Waals surface area (Å²) < 4.78 is 15.1. The van der Waals surface area contributed by atoms with E-state index in [9.17, 15) is 9.50 Å². The van der Waals surface area contributed by atoms with E-state index in [2.05, 4.69) is 4.98 Å². The van der Waals surface area contributed by atoms with Crippen LogP contribution in [-0.4, -0.2) is 14.7 Å². The number of fused-ring (bicyclic) bond motifs is 1. The zero-order chi connectivity index (χ0) is 16.7. The fraction of sp³-hybridized carbons (Fsp3) is 0. The third-order valence-electron chi connectivity index (χ3n) is 3.95. The third-order valence-corrected chi connectivity index (χ3v) is 4.22. The third kappa shape index (κ3) is 2.32. The Morgan fingerprint density at radius 2 is 1.71 bits per heavy atom. The summed E-state index contributed by atoms with van der Waals surface area (Å²) in [5.74, 6) is -0.264. The van der Waals surface area contributed by atoms with Gasteiger partial charge in [0.1, 0.15) is 11.6 Å². The van der Waals surface area contributed by atoms with Crippen LogP contribution in [0.1, 0.15) is 0 Å². The zero-order valence-corrected chi connectivity index (χ0v) is 13.2.